The summed E-state index contributed by atoms with van der Waals surface area (Å²) < 4.78 is 7.28. The van der Waals surface area contributed by atoms with Crippen LogP contribution in [0.1, 0.15) is 42.7 Å². The molecule has 0 aliphatic carbocycles. The van der Waals surface area contributed by atoms with Crippen LogP contribution in [0.3, 0.4) is 0 Å². The summed E-state index contributed by atoms with van der Waals surface area (Å²) >= 11 is 0. The lowest BCUT2D eigenvalue weighted by atomic mass is 10.0. The van der Waals surface area contributed by atoms with Gasteiger partial charge in [-0.3, -0.25) is 4.68 Å². The zero-order chi connectivity index (χ0) is 13.7. The quantitative estimate of drug-likeness (QED) is 0.833. The zero-order valence-corrected chi connectivity index (χ0v) is 12.0. The summed E-state index contributed by atoms with van der Waals surface area (Å²) in [5.41, 5.74) is 2.53. The summed E-state index contributed by atoms with van der Waals surface area (Å²) in [5, 5.41) is 7.80. The largest absolute Gasteiger partial charge is 0.469 e. The van der Waals surface area contributed by atoms with E-state index < -0.39 is 0 Å². The van der Waals surface area contributed by atoms with Crippen LogP contribution in [-0.2, 0) is 13.5 Å². The van der Waals surface area contributed by atoms with Gasteiger partial charge in [0.15, 0.2) is 0 Å². The molecule has 0 bridgehead atoms. The lowest BCUT2D eigenvalue weighted by molar-refractivity contribution is 0.484. The number of nitrogens with one attached hydrogen (secondary N) is 1. The Bertz CT molecular complexity index is 501. The van der Waals surface area contributed by atoms with Crippen LogP contribution in [0.15, 0.2) is 29.1 Å². The van der Waals surface area contributed by atoms with Gasteiger partial charge in [0.25, 0.3) is 0 Å². The molecule has 0 amide bonds. The lowest BCUT2D eigenvalue weighted by Gasteiger charge is -2.16. The van der Waals surface area contributed by atoms with Crippen LogP contribution in [0.2, 0.25) is 0 Å². The zero-order valence-electron chi connectivity index (χ0n) is 12.0. The van der Waals surface area contributed by atoms with Crippen molar-refractivity contribution in [1.29, 1.82) is 0 Å². The summed E-state index contributed by atoms with van der Waals surface area (Å²) in [6.45, 7) is 5.20. The highest BCUT2D eigenvalue weighted by Crippen LogP contribution is 2.21. The summed E-state index contributed by atoms with van der Waals surface area (Å²) in [4.78, 5) is 0. The van der Waals surface area contributed by atoms with E-state index in [0.29, 0.717) is 6.04 Å². The van der Waals surface area contributed by atoms with Crippen molar-refractivity contribution in [3.8, 4) is 0 Å². The molecule has 1 unspecified atom stereocenters. The van der Waals surface area contributed by atoms with E-state index in [2.05, 4.69) is 29.6 Å². The number of nitrogens with zero attached hydrogens (tertiary/aromatic N) is 2. The van der Waals surface area contributed by atoms with Crippen molar-refractivity contribution in [3.05, 3.63) is 41.6 Å². The Labute approximate surface area is 114 Å². The maximum atomic E-state index is 5.43. The molecule has 2 heterocycles. The van der Waals surface area contributed by atoms with E-state index in [0.717, 1.165) is 31.6 Å². The molecule has 0 fully saturated rings. The van der Waals surface area contributed by atoms with Gasteiger partial charge >= 0.3 is 0 Å². The lowest BCUT2D eigenvalue weighted by Crippen LogP contribution is -2.22. The number of hydrogen-bond acceptors (Lipinski definition) is 3. The molecule has 0 saturated carbocycles. The maximum Gasteiger partial charge on any atom is 0.101 e. The Kier molecular flexibility index (Phi) is 4.80. The second-order valence-electron chi connectivity index (χ2n) is 5.06. The molecular weight excluding hydrogens is 238 g/mol. The second kappa shape index (κ2) is 6.57. The molecule has 0 spiro atoms. The molecule has 104 valence electrons. The molecule has 0 aliphatic heterocycles. The molecule has 0 saturated heterocycles. The third-order valence-electron chi connectivity index (χ3n) is 3.27. The van der Waals surface area contributed by atoms with E-state index >= 15 is 0 Å². The third kappa shape index (κ3) is 3.96. The van der Waals surface area contributed by atoms with Crippen molar-refractivity contribution < 1.29 is 4.42 Å². The van der Waals surface area contributed by atoms with Crippen LogP contribution in [-0.4, -0.2) is 16.3 Å². The fourth-order valence-electron chi connectivity index (χ4n) is 2.26. The van der Waals surface area contributed by atoms with Crippen molar-refractivity contribution in [2.45, 2.75) is 39.2 Å². The van der Waals surface area contributed by atoms with Gasteiger partial charge in [-0.05, 0) is 44.4 Å². The predicted octanol–water partition coefficient (Wildman–Crippen LogP) is 3.00. The van der Waals surface area contributed by atoms with E-state index in [1.54, 1.807) is 0 Å². The highest BCUT2D eigenvalue weighted by Gasteiger charge is 2.13. The Morgan fingerprint density at radius 1 is 1.47 bits per heavy atom. The first-order valence-corrected chi connectivity index (χ1v) is 6.95. The Hall–Kier alpha value is -1.55. The van der Waals surface area contributed by atoms with Gasteiger partial charge in [-0.15, -0.1) is 0 Å². The second-order valence-corrected chi connectivity index (χ2v) is 5.06. The highest BCUT2D eigenvalue weighted by atomic mass is 16.3. The van der Waals surface area contributed by atoms with Gasteiger partial charge in [0.1, 0.15) is 5.76 Å². The van der Waals surface area contributed by atoms with Crippen molar-refractivity contribution in [3.63, 3.8) is 0 Å². The van der Waals surface area contributed by atoms with Gasteiger partial charge in [-0.25, -0.2) is 0 Å². The molecular formula is C15H23N3O. The highest BCUT2D eigenvalue weighted by molar-refractivity contribution is 5.17. The average Bonchev–Trinajstić information content (AvgIpc) is 2.99. The van der Waals surface area contributed by atoms with Gasteiger partial charge in [0.05, 0.1) is 12.5 Å². The first-order chi connectivity index (χ1) is 9.19. The molecule has 0 aromatic carbocycles. The first kappa shape index (κ1) is 13.9. The number of aryl methyl sites for hydroxylation is 3. The topological polar surface area (TPSA) is 43.0 Å². The summed E-state index contributed by atoms with van der Waals surface area (Å²) in [6.07, 6.45) is 9.12. The van der Waals surface area contributed by atoms with Crippen molar-refractivity contribution in [1.82, 2.24) is 15.1 Å². The standard InChI is InChI=1S/C15H23N3O/c1-4-7-16-15(14-8-12(2)19-11-14)6-5-13-9-17-18(3)10-13/h8-11,15-16H,4-7H2,1-3H3. The number of hydrogen-bond donors (Lipinski definition) is 1. The first-order valence-electron chi connectivity index (χ1n) is 6.95. The molecule has 19 heavy (non-hydrogen) atoms. The van der Waals surface area contributed by atoms with Crippen molar-refractivity contribution in [2.75, 3.05) is 6.54 Å². The molecule has 0 aliphatic rings. The van der Waals surface area contributed by atoms with Crippen molar-refractivity contribution in [2.24, 2.45) is 7.05 Å². The smallest absolute Gasteiger partial charge is 0.101 e. The van der Waals surface area contributed by atoms with Gasteiger partial charge in [-0.1, -0.05) is 6.92 Å². The van der Waals surface area contributed by atoms with E-state index in [4.69, 9.17) is 4.42 Å². The van der Waals surface area contributed by atoms with Gasteiger partial charge in [0, 0.05) is 24.8 Å². The van der Waals surface area contributed by atoms with Crippen LogP contribution in [0.4, 0.5) is 0 Å². The minimum atomic E-state index is 0.359. The van der Waals surface area contributed by atoms with Gasteiger partial charge < -0.3 is 9.73 Å². The molecule has 2 aromatic heterocycles. The van der Waals surface area contributed by atoms with Crippen LogP contribution >= 0.6 is 0 Å². The molecule has 2 aromatic rings. The fraction of sp³-hybridized carbons (Fsp3) is 0.533. The van der Waals surface area contributed by atoms with Crippen molar-refractivity contribution >= 4 is 0 Å². The molecule has 1 atom stereocenters. The molecule has 1 N–H and O–H groups in total. The number of rotatable bonds is 7. The van der Waals surface area contributed by atoms with E-state index in [-0.39, 0.29) is 0 Å². The Morgan fingerprint density at radius 3 is 2.89 bits per heavy atom. The number of furan rings is 1. The minimum Gasteiger partial charge on any atom is -0.469 e. The molecule has 2 rings (SSSR count). The molecule has 4 heteroatoms. The normalized spacial score (nSPS) is 12.8. The van der Waals surface area contributed by atoms with Crippen LogP contribution in [0.25, 0.3) is 0 Å². The van der Waals surface area contributed by atoms with E-state index in [9.17, 15) is 0 Å². The van der Waals surface area contributed by atoms with E-state index in [1.807, 2.05) is 31.1 Å². The van der Waals surface area contributed by atoms with Gasteiger partial charge in [-0.2, -0.15) is 5.10 Å². The van der Waals surface area contributed by atoms with Crippen LogP contribution in [0, 0.1) is 6.92 Å². The fourth-order valence-corrected chi connectivity index (χ4v) is 2.26. The number of aromatic nitrogens is 2. The molecule has 4 nitrogen and oxygen atoms in total. The molecule has 0 radical (unpaired) electrons. The van der Waals surface area contributed by atoms with Crippen LogP contribution < -0.4 is 5.32 Å². The monoisotopic (exact) mass is 261 g/mol. The maximum absolute atomic E-state index is 5.43. The van der Waals surface area contributed by atoms with Crippen LogP contribution in [0.5, 0.6) is 0 Å². The predicted molar refractivity (Wildman–Crippen MR) is 76.0 cm³/mol. The van der Waals surface area contributed by atoms with E-state index in [1.165, 1.54) is 11.1 Å². The Balaban J connectivity index is 1.97. The summed E-state index contributed by atoms with van der Waals surface area (Å²) in [5.74, 6) is 0.972. The minimum absolute atomic E-state index is 0.359. The third-order valence-corrected chi connectivity index (χ3v) is 3.27. The summed E-state index contributed by atoms with van der Waals surface area (Å²) in [7, 11) is 1.95. The van der Waals surface area contributed by atoms with Gasteiger partial charge in [0.2, 0.25) is 0 Å². The SMILES string of the molecule is CCCNC(CCc1cnn(C)c1)c1coc(C)c1. The summed E-state index contributed by atoms with van der Waals surface area (Å²) in [6, 6.07) is 2.48. The average molecular weight is 261 g/mol. The Morgan fingerprint density at radius 2 is 2.32 bits per heavy atom.